The van der Waals surface area contributed by atoms with Crippen LogP contribution in [0.4, 0.5) is 0 Å². The molecule has 0 unspecified atom stereocenters. The number of aliphatic carboxylic acids is 1. The average molecular weight is 316 g/mol. The molecule has 0 aromatic heterocycles. The van der Waals surface area contributed by atoms with Gasteiger partial charge in [0, 0.05) is 0 Å². The molecule has 126 valence electrons. The van der Waals surface area contributed by atoms with Crippen molar-refractivity contribution in [3.05, 3.63) is 29.3 Å². The van der Waals surface area contributed by atoms with Crippen molar-refractivity contribution in [2.75, 3.05) is 0 Å². The topological polar surface area (TPSA) is 57.5 Å². The van der Waals surface area contributed by atoms with Crippen molar-refractivity contribution in [1.29, 1.82) is 0 Å². The fourth-order valence-electron chi connectivity index (χ4n) is 3.64. The Kier molecular flexibility index (Phi) is 4.39. The van der Waals surface area contributed by atoms with E-state index >= 15 is 0 Å². The third-order valence-corrected chi connectivity index (χ3v) is 5.97. The largest absolute Gasteiger partial charge is 0.508 e. The summed E-state index contributed by atoms with van der Waals surface area (Å²) in [6.07, 6.45) is 10.2. The number of hydrogen-bond acceptors (Lipinski definition) is 2. The highest BCUT2D eigenvalue weighted by Gasteiger charge is 2.49. The van der Waals surface area contributed by atoms with Gasteiger partial charge in [0.1, 0.15) is 5.75 Å². The Morgan fingerprint density at radius 1 is 1.09 bits per heavy atom. The number of carboxylic acid groups (broad SMARTS) is 1. The van der Waals surface area contributed by atoms with Crippen LogP contribution in [0.1, 0.15) is 69.4 Å². The molecular formula is C20H28O3. The maximum atomic E-state index is 11.3. The first kappa shape index (κ1) is 16.4. The molecule has 1 aromatic rings. The SMILES string of the molecule is CC1(CCCc2cccc(O)c2CCCC2(C(=O)O)CC2)CC1. The number of carboxylic acids is 1. The van der Waals surface area contributed by atoms with Crippen LogP contribution in [0.25, 0.3) is 0 Å². The van der Waals surface area contributed by atoms with Crippen molar-refractivity contribution >= 4 is 5.97 Å². The summed E-state index contributed by atoms with van der Waals surface area (Å²) < 4.78 is 0. The number of benzene rings is 1. The number of rotatable bonds is 9. The van der Waals surface area contributed by atoms with E-state index in [1.807, 2.05) is 6.07 Å². The summed E-state index contributed by atoms with van der Waals surface area (Å²) in [5.41, 5.74) is 2.41. The molecule has 0 bridgehead atoms. The van der Waals surface area contributed by atoms with Crippen LogP contribution in [-0.2, 0) is 17.6 Å². The zero-order valence-electron chi connectivity index (χ0n) is 14.1. The molecule has 2 fully saturated rings. The first-order valence-corrected chi connectivity index (χ1v) is 8.97. The molecule has 3 nitrogen and oxygen atoms in total. The predicted molar refractivity (Wildman–Crippen MR) is 90.6 cm³/mol. The van der Waals surface area contributed by atoms with Gasteiger partial charge in [0.15, 0.2) is 0 Å². The second-order valence-electron chi connectivity index (χ2n) is 8.02. The Morgan fingerprint density at radius 3 is 2.39 bits per heavy atom. The number of aromatic hydroxyl groups is 1. The zero-order valence-corrected chi connectivity index (χ0v) is 14.1. The van der Waals surface area contributed by atoms with Crippen LogP contribution >= 0.6 is 0 Å². The van der Waals surface area contributed by atoms with E-state index in [1.54, 1.807) is 6.07 Å². The summed E-state index contributed by atoms with van der Waals surface area (Å²) in [5.74, 6) is -0.270. The molecule has 2 N–H and O–H groups in total. The van der Waals surface area contributed by atoms with E-state index in [4.69, 9.17) is 0 Å². The van der Waals surface area contributed by atoms with E-state index in [0.717, 1.165) is 44.1 Å². The number of phenols is 1. The first-order chi connectivity index (χ1) is 10.9. The number of carbonyl (C=O) groups is 1. The van der Waals surface area contributed by atoms with Crippen molar-refractivity contribution in [1.82, 2.24) is 0 Å². The summed E-state index contributed by atoms with van der Waals surface area (Å²) in [7, 11) is 0. The van der Waals surface area contributed by atoms with Crippen LogP contribution in [0.15, 0.2) is 18.2 Å². The molecule has 0 atom stereocenters. The van der Waals surface area contributed by atoms with Crippen LogP contribution < -0.4 is 0 Å². The van der Waals surface area contributed by atoms with Gasteiger partial charge in [0.25, 0.3) is 0 Å². The molecule has 0 amide bonds. The second-order valence-corrected chi connectivity index (χ2v) is 8.02. The summed E-state index contributed by atoms with van der Waals surface area (Å²) in [5, 5.41) is 19.5. The van der Waals surface area contributed by atoms with Gasteiger partial charge in [0.2, 0.25) is 0 Å². The smallest absolute Gasteiger partial charge is 0.309 e. The van der Waals surface area contributed by atoms with Gasteiger partial charge in [-0.15, -0.1) is 0 Å². The van der Waals surface area contributed by atoms with Crippen LogP contribution in [0.5, 0.6) is 5.75 Å². The van der Waals surface area contributed by atoms with Crippen molar-refractivity contribution in [3.8, 4) is 5.75 Å². The van der Waals surface area contributed by atoms with Gasteiger partial charge in [-0.05, 0) is 86.8 Å². The highest BCUT2D eigenvalue weighted by molar-refractivity contribution is 5.77. The van der Waals surface area contributed by atoms with Crippen LogP contribution in [0.2, 0.25) is 0 Å². The molecular weight excluding hydrogens is 288 g/mol. The second kappa shape index (κ2) is 6.18. The Labute approximate surface area is 138 Å². The van der Waals surface area contributed by atoms with Crippen LogP contribution in [-0.4, -0.2) is 16.2 Å². The maximum absolute atomic E-state index is 11.3. The number of aryl methyl sites for hydroxylation is 1. The fourth-order valence-corrected chi connectivity index (χ4v) is 3.64. The van der Waals surface area contributed by atoms with E-state index in [-0.39, 0.29) is 0 Å². The molecule has 3 heteroatoms. The van der Waals surface area contributed by atoms with Crippen LogP contribution in [0, 0.1) is 10.8 Å². The molecule has 0 radical (unpaired) electrons. The molecule has 0 saturated heterocycles. The van der Waals surface area contributed by atoms with Crippen molar-refractivity contribution in [3.63, 3.8) is 0 Å². The molecule has 2 saturated carbocycles. The van der Waals surface area contributed by atoms with Gasteiger partial charge < -0.3 is 10.2 Å². The van der Waals surface area contributed by atoms with E-state index in [0.29, 0.717) is 11.2 Å². The Hall–Kier alpha value is -1.51. The van der Waals surface area contributed by atoms with Gasteiger partial charge in [0.05, 0.1) is 5.41 Å². The van der Waals surface area contributed by atoms with Gasteiger partial charge in [-0.2, -0.15) is 0 Å². The lowest BCUT2D eigenvalue weighted by Gasteiger charge is -2.14. The van der Waals surface area contributed by atoms with Crippen molar-refractivity contribution in [2.45, 2.75) is 71.1 Å². The van der Waals surface area contributed by atoms with Gasteiger partial charge in [-0.1, -0.05) is 19.1 Å². The van der Waals surface area contributed by atoms with E-state index in [2.05, 4.69) is 13.0 Å². The monoisotopic (exact) mass is 316 g/mol. The van der Waals surface area contributed by atoms with Gasteiger partial charge >= 0.3 is 5.97 Å². The van der Waals surface area contributed by atoms with Crippen molar-refractivity contribution in [2.24, 2.45) is 10.8 Å². The summed E-state index contributed by atoms with van der Waals surface area (Å²) >= 11 is 0. The highest BCUT2D eigenvalue weighted by atomic mass is 16.4. The minimum absolute atomic E-state index is 0.375. The predicted octanol–water partition coefficient (Wildman–Crippen LogP) is 4.70. The first-order valence-electron chi connectivity index (χ1n) is 8.97. The number of phenolic OH excluding ortho intramolecular Hbond substituents is 1. The lowest BCUT2D eigenvalue weighted by atomic mass is 9.92. The molecule has 2 aliphatic rings. The van der Waals surface area contributed by atoms with E-state index in [1.165, 1.54) is 31.2 Å². The summed E-state index contributed by atoms with van der Waals surface area (Å²) in [4.78, 5) is 11.3. The fraction of sp³-hybridized carbons (Fsp3) is 0.650. The molecule has 0 spiro atoms. The quantitative estimate of drug-likeness (QED) is 0.694. The Bertz CT molecular complexity index is 583. The van der Waals surface area contributed by atoms with E-state index in [9.17, 15) is 15.0 Å². The Balaban J connectivity index is 1.55. The molecule has 2 aliphatic carbocycles. The molecule has 1 aromatic carbocycles. The minimum Gasteiger partial charge on any atom is -0.508 e. The highest BCUT2D eigenvalue weighted by Crippen LogP contribution is 2.50. The molecule has 0 heterocycles. The average Bonchev–Trinajstić information content (AvgIpc) is 3.40. The van der Waals surface area contributed by atoms with E-state index < -0.39 is 11.4 Å². The van der Waals surface area contributed by atoms with Gasteiger partial charge in [-0.25, -0.2) is 0 Å². The normalized spacial score (nSPS) is 20.2. The lowest BCUT2D eigenvalue weighted by molar-refractivity contribution is -0.143. The third kappa shape index (κ3) is 3.88. The van der Waals surface area contributed by atoms with Crippen molar-refractivity contribution < 1.29 is 15.0 Å². The zero-order chi connectivity index (χ0) is 16.5. The molecule has 23 heavy (non-hydrogen) atoms. The molecule has 3 rings (SSSR count). The standard InChI is InChI=1S/C20H28O3/c1-19(11-12-19)9-3-6-15-5-2-8-17(21)16(15)7-4-10-20(13-14-20)18(22)23/h2,5,8,21H,3-4,6-7,9-14H2,1H3,(H,22,23). The maximum Gasteiger partial charge on any atom is 0.309 e. The number of hydrogen-bond donors (Lipinski definition) is 2. The van der Waals surface area contributed by atoms with Gasteiger partial charge in [-0.3, -0.25) is 4.79 Å². The third-order valence-electron chi connectivity index (χ3n) is 5.97. The minimum atomic E-state index is -0.646. The summed E-state index contributed by atoms with van der Waals surface area (Å²) in [6.45, 7) is 2.36. The Morgan fingerprint density at radius 2 is 1.78 bits per heavy atom. The van der Waals surface area contributed by atoms with Crippen LogP contribution in [0.3, 0.4) is 0 Å². The molecule has 0 aliphatic heterocycles. The lowest BCUT2D eigenvalue weighted by Crippen LogP contribution is -2.14. The summed E-state index contributed by atoms with van der Waals surface area (Å²) in [6, 6.07) is 5.80.